The predicted octanol–water partition coefficient (Wildman–Crippen LogP) is 3.30. The zero-order chi connectivity index (χ0) is 21.3. The Morgan fingerprint density at radius 3 is 2.63 bits per heavy atom. The number of carbonyl (C=O) groups excluding carboxylic acids is 3. The van der Waals surface area contributed by atoms with Crippen LogP contribution in [0.1, 0.15) is 25.3 Å². The Hall–Kier alpha value is -3.41. The minimum Gasteiger partial charge on any atom is -0.458 e. The molecule has 0 N–H and O–H groups in total. The summed E-state index contributed by atoms with van der Waals surface area (Å²) >= 11 is 0. The molecule has 3 aliphatic rings. The van der Waals surface area contributed by atoms with Crippen LogP contribution in [0.5, 0.6) is 0 Å². The molecule has 0 unspecified atom stereocenters. The first kappa shape index (κ1) is 19.9. The third-order valence-corrected chi connectivity index (χ3v) is 5.44. The molecule has 1 fully saturated rings. The van der Waals surface area contributed by atoms with Crippen LogP contribution in [0.25, 0.3) is 6.08 Å². The second kappa shape index (κ2) is 8.14. The van der Waals surface area contributed by atoms with Crippen LogP contribution in [0.2, 0.25) is 0 Å². The third kappa shape index (κ3) is 4.13. The average Bonchev–Trinajstić information content (AvgIpc) is 3.18. The van der Waals surface area contributed by atoms with E-state index >= 15 is 0 Å². The van der Waals surface area contributed by atoms with E-state index < -0.39 is 36.0 Å². The predicted molar refractivity (Wildman–Crippen MR) is 109 cm³/mol. The topological polar surface area (TPSA) is 78.9 Å². The van der Waals surface area contributed by atoms with E-state index in [-0.39, 0.29) is 18.1 Å². The quantitative estimate of drug-likeness (QED) is 0.332. The molecule has 1 saturated heterocycles. The maximum Gasteiger partial charge on any atom is 0.334 e. The first-order valence-electron chi connectivity index (χ1n) is 9.83. The Labute approximate surface area is 174 Å². The molecule has 0 aromatic heterocycles. The van der Waals surface area contributed by atoms with Crippen LogP contribution in [0.15, 0.2) is 71.9 Å². The van der Waals surface area contributed by atoms with Crippen molar-refractivity contribution < 1.29 is 28.6 Å². The fourth-order valence-corrected chi connectivity index (χ4v) is 4.01. The van der Waals surface area contributed by atoms with Crippen LogP contribution in [-0.4, -0.2) is 36.2 Å². The third-order valence-electron chi connectivity index (χ3n) is 5.44. The van der Waals surface area contributed by atoms with Crippen LogP contribution in [0, 0.1) is 5.92 Å². The number of hydrogen-bond acceptors (Lipinski definition) is 6. The molecule has 154 valence electrons. The molecule has 1 aromatic rings. The van der Waals surface area contributed by atoms with Crippen molar-refractivity contribution in [2.45, 2.75) is 38.1 Å². The summed E-state index contributed by atoms with van der Waals surface area (Å²) in [5, 5.41) is 0. The van der Waals surface area contributed by atoms with Gasteiger partial charge in [0.1, 0.15) is 18.3 Å². The Balaban J connectivity index is 1.60. The summed E-state index contributed by atoms with van der Waals surface area (Å²) in [7, 11) is 0. The summed E-state index contributed by atoms with van der Waals surface area (Å²) < 4.78 is 16.6. The molecular formula is C24H22O6. The number of carbonyl (C=O) groups is 3. The molecule has 1 aliphatic carbocycles. The van der Waals surface area contributed by atoms with Gasteiger partial charge in [0, 0.05) is 30.1 Å². The maximum absolute atomic E-state index is 12.5. The molecule has 1 aromatic carbocycles. The Kier molecular flexibility index (Phi) is 5.40. The van der Waals surface area contributed by atoms with Crippen LogP contribution in [0.4, 0.5) is 0 Å². The number of benzene rings is 1. The van der Waals surface area contributed by atoms with Gasteiger partial charge in [0.05, 0.1) is 5.92 Å². The van der Waals surface area contributed by atoms with Gasteiger partial charge in [-0.2, -0.15) is 0 Å². The van der Waals surface area contributed by atoms with Crippen molar-refractivity contribution in [3.63, 3.8) is 0 Å². The van der Waals surface area contributed by atoms with Crippen LogP contribution >= 0.6 is 0 Å². The molecule has 6 nitrogen and oxygen atoms in total. The largest absolute Gasteiger partial charge is 0.458 e. The highest BCUT2D eigenvalue weighted by molar-refractivity contribution is 5.93. The first-order valence-corrected chi connectivity index (χ1v) is 9.83. The summed E-state index contributed by atoms with van der Waals surface area (Å²) in [4.78, 5) is 36.9. The van der Waals surface area contributed by atoms with E-state index in [2.05, 4.69) is 6.58 Å². The normalized spacial score (nSPS) is 30.1. The van der Waals surface area contributed by atoms with Gasteiger partial charge < -0.3 is 14.2 Å². The lowest BCUT2D eigenvalue weighted by Crippen LogP contribution is -2.32. The van der Waals surface area contributed by atoms with Crippen LogP contribution < -0.4 is 0 Å². The molecule has 4 atom stereocenters. The minimum absolute atomic E-state index is 0.200. The molecule has 0 spiro atoms. The SMILES string of the molecule is C=C1C(=O)O[C@H]2CC3=C[C@@H](C/C(C)=C/[C@@H](OC(=O)/C=C/c4ccccc4)[C@H]12)OC3=O. The van der Waals surface area contributed by atoms with Gasteiger partial charge in [0.15, 0.2) is 0 Å². The van der Waals surface area contributed by atoms with Crippen LogP contribution in [0.3, 0.4) is 0 Å². The van der Waals surface area contributed by atoms with Crippen molar-refractivity contribution in [2.75, 3.05) is 0 Å². The summed E-state index contributed by atoms with van der Waals surface area (Å²) in [6.07, 6.45) is 5.52. The van der Waals surface area contributed by atoms with E-state index in [4.69, 9.17) is 14.2 Å². The monoisotopic (exact) mass is 406 g/mol. The molecule has 0 radical (unpaired) electrons. The second-order valence-corrected chi connectivity index (χ2v) is 7.70. The molecule has 30 heavy (non-hydrogen) atoms. The van der Waals surface area contributed by atoms with E-state index in [0.717, 1.165) is 11.1 Å². The standard InChI is InChI=1S/C24H22O6/c1-14-10-18-12-17(24(27)28-18)13-20-22(15(2)23(26)30-20)19(11-14)29-21(25)9-8-16-6-4-3-5-7-16/h3-9,11-12,18-20,22H,2,10,13H2,1H3/b9-8+,14-11+/t18-,19-,20+,22+/m1/s1. The fourth-order valence-electron chi connectivity index (χ4n) is 4.01. The Morgan fingerprint density at radius 2 is 1.87 bits per heavy atom. The number of hydrogen-bond donors (Lipinski definition) is 0. The number of esters is 3. The van der Waals surface area contributed by atoms with Gasteiger partial charge in [0.2, 0.25) is 0 Å². The second-order valence-electron chi connectivity index (χ2n) is 7.70. The first-order chi connectivity index (χ1) is 14.4. The van der Waals surface area contributed by atoms with Gasteiger partial charge in [-0.05, 0) is 30.7 Å². The molecule has 0 amide bonds. The van der Waals surface area contributed by atoms with Crippen LogP contribution in [-0.2, 0) is 28.6 Å². The van der Waals surface area contributed by atoms with Gasteiger partial charge >= 0.3 is 17.9 Å². The van der Waals surface area contributed by atoms with E-state index in [1.807, 2.05) is 37.3 Å². The number of ether oxygens (including phenoxy) is 3. The van der Waals surface area contributed by atoms with Crippen molar-refractivity contribution in [3.8, 4) is 0 Å². The zero-order valence-electron chi connectivity index (χ0n) is 16.6. The molecule has 6 heteroatoms. The number of fused-ring (bicyclic) bond motifs is 2. The van der Waals surface area contributed by atoms with Gasteiger partial charge in [0.25, 0.3) is 0 Å². The summed E-state index contributed by atoms with van der Waals surface area (Å²) in [5.74, 6) is -2.06. The maximum atomic E-state index is 12.5. The summed E-state index contributed by atoms with van der Waals surface area (Å²) in [6, 6.07) is 9.39. The van der Waals surface area contributed by atoms with Gasteiger partial charge in [-0.3, -0.25) is 0 Å². The lowest BCUT2D eigenvalue weighted by atomic mass is 9.85. The van der Waals surface area contributed by atoms with Gasteiger partial charge in [-0.1, -0.05) is 42.5 Å². The van der Waals surface area contributed by atoms with Crippen molar-refractivity contribution in [1.82, 2.24) is 0 Å². The van der Waals surface area contributed by atoms with E-state index in [9.17, 15) is 14.4 Å². The Morgan fingerprint density at radius 1 is 1.10 bits per heavy atom. The minimum atomic E-state index is -0.741. The zero-order valence-corrected chi connectivity index (χ0v) is 16.6. The molecule has 2 heterocycles. The van der Waals surface area contributed by atoms with Crippen molar-refractivity contribution >= 4 is 24.0 Å². The molecule has 0 saturated carbocycles. The van der Waals surface area contributed by atoms with E-state index in [1.54, 1.807) is 18.2 Å². The Bertz CT molecular complexity index is 984. The van der Waals surface area contributed by atoms with Crippen molar-refractivity contribution in [1.29, 1.82) is 0 Å². The molecule has 2 aliphatic heterocycles. The highest BCUT2D eigenvalue weighted by Gasteiger charge is 2.46. The van der Waals surface area contributed by atoms with Gasteiger partial charge in [-0.15, -0.1) is 0 Å². The van der Waals surface area contributed by atoms with E-state index in [1.165, 1.54) is 6.08 Å². The van der Waals surface area contributed by atoms with Gasteiger partial charge in [-0.25, -0.2) is 14.4 Å². The highest BCUT2D eigenvalue weighted by Crippen LogP contribution is 2.38. The molecule has 2 bridgehead atoms. The van der Waals surface area contributed by atoms with E-state index in [0.29, 0.717) is 12.0 Å². The highest BCUT2D eigenvalue weighted by atomic mass is 16.6. The molecule has 4 rings (SSSR count). The summed E-state index contributed by atoms with van der Waals surface area (Å²) in [5.41, 5.74) is 2.45. The van der Waals surface area contributed by atoms with Crippen molar-refractivity contribution in [2.24, 2.45) is 5.92 Å². The smallest absolute Gasteiger partial charge is 0.334 e. The molecular weight excluding hydrogens is 384 g/mol. The summed E-state index contributed by atoms with van der Waals surface area (Å²) in [6.45, 7) is 5.73. The van der Waals surface area contributed by atoms with Crippen molar-refractivity contribution in [3.05, 3.63) is 77.4 Å². The fraction of sp³-hybridized carbons (Fsp3) is 0.292. The lowest BCUT2D eigenvalue weighted by molar-refractivity contribution is -0.145. The lowest BCUT2D eigenvalue weighted by Gasteiger charge is -2.25. The average molecular weight is 406 g/mol. The number of rotatable bonds is 3.